The van der Waals surface area contributed by atoms with Gasteiger partial charge in [-0.1, -0.05) is 0 Å². The Kier molecular flexibility index (Phi) is 7.19. The zero-order valence-electron chi connectivity index (χ0n) is 21.5. The molecule has 1 saturated heterocycles. The van der Waals surface area contributed by atoms with E-state index in [0.717, 1.165) is 27.7 Å². The molecule has 1 amide bonds. The van der Waals surface area contributed by atoms with E-state index in [-0.39, 0.29) is 37.6 Å². The number of H-pyrrole nitrogens is 1. The van der Waals surface area contributed by atoms with Crippen LogP contribution in [0.2, 0.25) is 0 Å². The first-order valence-electron chi connectivity index (χ1n) is 12.7. The molecule has 8 nitrogen and oxygen atoms in total. The van der Waals surface area contributed by atoms with Crippen molar-refractivity contribution in [2.45, 2.75) is 38.5 Å². The lowest BCUT2D eigenvalue weighted by atomic mass is 10.0. The number of halogens is 2. The normalized spacial score (nSPS) is 15.2. The van der Waals surface area contributed by atoms with E-state index in [1.165, 1.54) is 17.2 Å². The summed E-state index contributed by atoms with van der Waals surface area (Å²) in [5, 5.41) is 0. The van der Waals surface area contributed by atoms with E-state index in [4.69, 9.17) is 5.73 Å². The van der Waals surface area contributed by atoms with E-state index in [1.54, 1.807) is 36.5 Å². The third-order valence-corrected chi connectivity index (χ3v) is 6.79. The minimum absolute atomic E-state index is 0.0261. The van der Waals surface area contributed by atoms with Gasteiger partial charge in [0, 0.05) is 56.7 Å². The fraction of sp³-hybridized carbons (Fsp3) is 0.276. The van der Waals surface area contributed by atoms with Crippen LogP contribution in [0.3, 0.4) is 0 Å². The fourth-order valence-electron chi connectivity index (χ4n) is 4.55. The maximum atomic E-state index is 13.4. The van der Waals surface area contributed by atoms with Crippen LogP contribution in [0.4, 0.5) is 14.6 Å². The second-order valence-corrected chi connectivity index (χ2v) is 9.77. The van der Waals surface area contributed by atoms with Crippen LogP contribution in [0.1, 0.15) is 46.6 Å². The predicted octanol–water partition coefficient (Wildman–Crippen LogP) is 5.00. The summed E-state index contributed by atoms with van der Waals surface area (Å²) in [6.45, 7) is 2.02. The minimum Gasteiger partial charge on any atom is -0.384 e. The molecule has 0 aliphatic carbocycles. The lowest BCUT2D eigenvalue weighted by molar-refractivity contribution is -0.114. The number of piperidine rings is 1. The Morgan fingerprint density at radius 3 is 2.59 bits per heavy atom. The number of alkyl halides is 2. The van der Waals surface area contributed by atoms with Gasteiger partial charge in [-0.05, 0) is 66.6 Å². The Bertz CT molecular complexity index is 1530. The Hall–Kier alpha value is -4.47. The number of hydrogen-bond acceptors (Lipinski definition) is 6. The first-order valence-corrected chi connectivity index (χ1v) is 12.7. The molecular weight excluding hydrogens is 502 g/mol. The monoisotopic (exact) mass is 530 g/mol. The molecule has 0 spiro atoms. The van der Waals surface area contributed by atoms with E-state index >= 15 is 0 Å². The van der Waals surface area contributed by atoms with Gasteiger partial charge in [0.25, 0.3) is 11.8 Å². The molecule has 1 aromatic carbocycles. The number of aromatic nitrogens is 4. The topological polar surface area (TPSA) is 118 Å². The number of anilines is 1. The number of rotatable bonds is 7. The van der Waals surface area contributed by atoms with Crippen molar-refractivity contribution in [3.63, 3.8) is 0 Å². The number of carbonyl (C=O) groups excluding carboxylic acids is 2. The first kappa shape index (κ1) is 26.1. The van der Waals surface area contributed by atoms with Gasteiger partial charge < -0.3 is 15.6 Å². The first-order chi connectivity index (χ1) is 18.7. The highest BCUT2D eigenvalue weighted by Crippen LogP contribution is 2.29. The molecule has 0 unspecified atom stereocenters. The molecule has 10 heteroatoms. The standard InChI is InChI=1S/C29H28F2N6O2/c1-18-14-21(23-7-4-20(17-33-23)28(39)37-12-10-29(30,31)11-13-37)15-24-27(18)36-26(35-24)9-6-22(38)5-2-19-3-8-25(32)34-16-19/h2-5,7-8,14-17H,6,9-13H2,1H3,(H2,32,34)(H,35,36)/b5-2+. The number of nitrogens with two attached hydrogens (primary N) is 1. The molecule has 0 radical (unpaired) electrons. The Morgan fingerprint density at radius 1 is 1.10 bits per heavy atom. The van der Waals surface area contributed by atoms with Crippen molar-refractivity contribution >= 4 is 34.6 Å². The SMILES string of the molecule is Cc1cc(-c2ccc(C(=O)N3CCC(F)(F)CC3)cn2)cc2[nH]c(CCC(=O)/C=C/c3ccc(N)nc3)nc12. The van der Waals surface area contributed by atoms with Gasteiger partial charge in [0.2, 0.25) is 0 Å². The van der Waals surface area contributed by atoms with Crippen LogP contribution in [0, 0.1) is 6.92 Å². The molecule has 3 N–H and O–H groups in total. The molecule has 3 aromatic heterocycles. The molecule has 4 heterocycles. The van der Waals surface area contributed by atoms with Crippen LogP contribution in [-0.4, -0.2) is 55.5 Å². The Morgan fingerprint density at radius 2 is 1.90 bits per heavy atom. The molecule has 0 atom stereocenters. The molecule has 39 heavy (non-hydrogen) atoms. The highest BCUT2D eigenvalue weighted by atomic mass is 19.3. The van der Waals surface area contributed by atoms with Gasteiger partial charge in [-0.2, -0.15) is 0 Å². The molecule has 5 rings (SSSR count). The number of nitrogens with one attached hydrogen (secondary N) is 1. The number of ketones is 1. The molecule has 0 bridgehead atoms. The van der Waals surface area contributed by atoms with E-state index in [0.29, 0.717) is 35.7 Å². The average Bonchev–Trinajstić information content (AvgIpc) is 3.35. The third kappa shape index (κ3) is 6.17. The summed E-state index contributed by atoms with van der Waals surface area (Å²) in [5.74, 6) is -1.88. The highest BCUT2D eigenvalue weighted by Gasteiger charge is 2.35. The van der Waals surface area contributed by atoms with Crippen LogP contribution in [0.5, 0.6) is 0 Å². The quantitative estimate of drug-likeness (QED) is 0.325. The van der Waals surface area contributed by atoms with Crippen LogP contribution in [0.15, 0.2) is 54.9 Å². The Labute approximate surface area is 224 Å². The number of likely N-dealkylation sites (tertiary alicyclic amines) is 1. The third-order valence-electron chi connectivity index (χ3n) is 6.79. The number of fused-ring (bicyclic) bond motifs is 1. The maximum Gasteiger partial charge on any atom is 0.255 e. The number of aromatic amines is 1. The minimum atomic E-state index is -2.70. The zero-order chi connectivity index (χ0) is 27.6. The second kappa shape index (κ2) is 10.7. The number of amides is 1. The number of nitrogens with zero attached hydrogens (tertiary/aromatic N) is 4. The van der Waals surface area contributed by atoms with Crippen molar-refractivity contribution in [3.8, 4) is 11.3 Å². The number of aryl methyl sites for hydroxylation is 2. The molecule has 1 aliphatic rings. The number of pyridine rings is 2. The van der Waals surface area contributed by atoms with Crippen molar-refractivity contribution in [1.82, 2.24) is 24.8 Å². The lowest BCUT2D eigenvalue weighted by Crippen LogP contribution is -2.42. The van der Waals surface area contributed by atoms with E-state index in [2.05, 4.69) is 19.9 Å². The van der Waals surface area contributed by atoms with Crippen molar-refractivity contribution in [2.75, 3.05) is 18.8 Å². The highest BCUT2D eigenvalue weighted by molar-refractivity contribution is 5.95. The van der Waals surface area contributed by atoms with E-state index in [9.17, 15) is 18.4 Å². The maximum absolute atomic E-state index is 13.4. The van der Waals surface area contributed by atoms with Crippen molar-refractivity contribution in [1.29, 1.82) is 0 Å². The summed E-state index contributed by atoms with van der Waals surface area (Å²) < 4.78 is 26.9. The van der Waals surface area contributed by atoms with Gasteiger partial charge >= 0.3 is 0 Å². The molecule has 1 fully saturated rings. The number of nitrogen functional groups attached to an aromatic ring is 1. The molecule has 0 saturated carbocycles. The van der Waals surface area contributed by atoms with Crippen molar-refractivity contribution < 1.29 is 18.4 Å². The van der Waals surface area contributed by atoms with Gasteiger partial charge in [-0.25, -0.2) is 18.7 Å². The molecule has 1 aliphatic heterocycles. The summed E-state index contributed by atoms with van der Waals surface area (Å²) in [6.07, 6.45) is 6.46. The van der Waals surface area contributed by atoms with E-state index < -0.39 is 5.92 Å². The average molecular weight is 531 g/mol. The van der Waals surface area contributed by atoms with Gasteiger partial charge in [-0.15, -0.1) is 0 Å². The second-order valence-electron chi connectivity index (χ2n) is 9.77. The molecule has 200 valence electrons. The van der Waals surface area contributed by atoms with Gasteiger partial charge in [-0.3, -0.25) is 14.6 Å². The van der Waals surface area contributed by atoms with Crippen LogP contribution in [-0.2, 0) is 11.2 Å². The van der Waals surface area contributed by atoms with Gasteiger partial charge in [0.05, 0.1) is 22.3 Å². The predicted molar refractivity (Wildman–Crippen MR) is 145 cm³/mol. The van der Waals surface area contributed by atoms with Crippen molar-refractivity contribution in [2.24, 2.45) is 0 Å². The Balaban J connectivity index is 1.24. The van der Waals surface area contributed by atoms with Gasteiger partial charge in [0.15, 0.2) is 5.78 Å². The number of imidazole rings is 1. The zero-order valence-corrected chi connectivity index (χ0v) is 21.5. The van der Waals surface area contributed by atoms with Crippen molar-refractivity contribution in [3.05, 3.63) is 77.4 Å². The number of allylic oxidation sites excluding steroid dienone is 1. The fourth-order valence-corrected chi connectivity index (χ4v) is 4.55. The smallest absolute Gasteiger partial charge is 0.255 e. The summed E-state index contributed by atoms with van der Waals surface area (Å²) in [6, 6.07) is 10.8. The van der Waals surface area contributed by atoms with Crippen LogP contribution < -0.4 is 5.73 Å². The lowest BCUT2D eigenvalue weighted by Gasteiger charge is -2.31. The number of hydrogen-bond donors (Lipinski definition) is 2. The molecular formula is C29H28F2N6O2. The van der Waals surface area contributed by atoms with Gasteiger partial charge in [0.1, 0.15) is 11.6 Å². The van der Waals surface area contributed by atoms with E-state index in [1.807, 2.05) is 19.1 Å². The van der Waals surface area contributed by atoms with Crippen LogP contribution >= 0.6 is 0 Å². The van der Waals surface area contributed by atoms with Crippen LogP contribution in [0.25, 0.3) is 28.4 Å². The summed E-state index contributed by atoms with van der Waals surface area (Å²) in [7, 11) is 0. The summed E-state index contributed by atoms with van der Waals surface area (Å²) in [4.78, 5) is 42.9. The number of carbonyl (C=O) groups is 2. The molecule has 4 aromatic rings. The largest absolute Gasteiger partial charge is 0.384 e. The summed E-state index contributed by atoms with van der Waals surface area (Å²) in [5.41, 5.74) is 10.9. The summed E-state index contributed by atoms with van der Waals surface area (Å²) >= 11 is 0. The number of benzene rings is 1.